The average Bonchev–Trinajstić information content (AvgIpc) is 2.95. The molecule has 1 aliphatic heterocycles. The van der Waals surface area contributed by atoms with E-state index >= 15 is 0 Å². The SMILES string of the molecule is Cc1cc(CNCc2c(Cl)cccc2N2CCN(C)CC2)no1. The lowest BCUT2D eigenvalue weighted by atomic mass is 10.1. The summed E-state index contributed by atoms with van der Waals surface area (Å²) in [6.07, 6.45) is 0. The van der Waals surface area contributed by atoms with Crippen molar-refractivity contribution in [3.05, 3.63) is 46.3 Å². The van der Waals surface area contributed by atoms with Gasteiger partial charge in [-0.2, -0.15) is 0 Å². The number of rotatable bonds is 5. The summed E-state index contributed by atoms with van der Waals surface area (Å²) in [5.74, 6) is 0.831. The van der Waals surface area contributed by atoms with E-state index in [9.17, 15) is 0 Å². The Morgan fingerprint density at radius 2 is 2.00 bits per heavy atom. The molecule has 1 aromatic heterocycles. The summed E-state index contributed by atoms with van der Waals surface area (Å²) in [5, 5.41) is 8.23. The van der Waals surface area contributed by atoms with Gasteiger partial charge in [0.05, 0.1) is 5.69 Å². The number of hydrogen-bond acceptors (Lipinski definition) is 5. The Kier molecular flexibility index (Phi) is 5.20. The predicted molar refractivity (Wildman–Crippen MR) is 92.9 cm³/mol. The first kappa shape index (κ1) is 16.3. The molecule has 0 bridgehead atoms. The van der Waals surface area contributed by atoms with Crippen molar-refractivity contribution < 1.29 is 4.52 Å². The maximum absolute atomic E-state index is 6.45. The van der Waals surface area contributed by atoms with Crippen molar-refractivity contribution in [2.75, 3.05) is 38.1 Å². The average molecular weight is 335 g/mol. The fraction of sp³-hybridized carbons (Fsp3) is 0.471. The van der Waals surface area contributed by atoms with E-state index in [0.717, 1.165) is 48.2 Å². The number of aryl methyl sites for hydroxylation is 1. The van der Waals surface area contributed by atoms with Crippen molar-refractivity contribution >= 4 is 17.3 Å². The number of likely N-dealkylation sites (N-methyl/N-ethyl adjacent to an activating group) is 1. The van der Waals surface area contributed by atoms with Crippen LogP contribution >= 0.6 is 11.6 Å². The number of halogens is 1. The fourth-order valence-electron chi connectivity index (χ4n) is 2.88. The van der Waals surface area contributed by atoms with Crippen LogP contribution in [-0.4, -0.2) is 43.3 Å². The third kappa shape index (κ3) is 4.05. The van der Waals surface area contributed by atoms with Gasteiger partial charge in [-0.05, 0) is 26.1 Å². The Hall–Kier alpha value is -1.56. The summed E-state index contributed by atoms with van der Waals surface area (Å²) < 4.78 is 5.09. The summed E-state index contributed by atoms with van der Waals surface area (Å²) in [6.45, 7) is 7.52. The third-order valence-electron chi connectivity index (χ3n) is 4.22. The first-order valence-electron chi connectivity index (χ1n) is 7.97. The molecule has 1 saturated heterocycles. The monoisotopic (exact) mass is 334 g/mol. The van der Waals surface area contributed by atoms with E-state index < -0.39 is 0 Å². The topological polar surface area (TPSA) is 44.5 Å². The number of aromatic nitrogens is 1. The van der Waals surface area contributed by atoms with E-state index in [1.165, 1.54) is 5.69 Å². The fourth-order valence-corrected chi connectivity index (χ4v) is 3.12. The van der Waals surface area contributed by atoms with Gasteiger partial charge >= 0.3 is 0 Å². The number of nitrogens with one attached hydrogen (secondary N) is 1. The molecule has 0 unspecified atom stereocenters. The van der Waals surface area contributed by atoms with Crippen molar-refractivity contribution in [2.24, 2.45) is 0 Å². The Bertz CT molecular complexity index is 650. The van der Waals surface area contributed by atoms with Gasteiger partial charge in [0.2, 0.25) is 0 Å². The molecule has 1 fully saturated rings. The molecule has 5 nitrogen and oxygen atoms in total. The van der Waals surface area contributed by atoms with E-state index in [2.05, 4.69) is 33.4 Å². The van der Waals surface area contributed by atoms with E-state index in [4.69, 9.17) is 16.1 Å². The Balaban J connectivity index is 1.68. The van der Waals surface area contributed by atoms with Gasteiger partial charge in [-0.15, -0.1) is 0 Å². The minimum absolute atomic E-state index is 0.671. The number of benzene rings is 1. The van der Waals surface area contributed by atoms with Crippen LogP contribution < -0.4 is 10.2 Å². The second-order valence-electron chi connectivity index (χ2n) is 6.06. The van der Waals surface area contributed by atoms with Crippen LogP contribution in [0.1, 0.15) is 17.0 Å². The van der Waals surface area contributed by atoms with Crippen LogP contribution in [0.2, 0.25) is 5.02 Å². The maximum atomic E-state index is 6.45. The highest BCUT2D eigenvalue weighted by molar-refractivity contribution is 6.31. The maximum Gasteiger partial charge on any atom is 0.133 e. The van der Waals surface area contributed by atoms with Crippen molar-refractivity contribution in [3.63, 3.8) is 0 Å². The Morgan fingerprint density at radius 3 is 2.70 bits per heavy atom. The lowest BCUT2D eigenvalue weighted by molar-refractivity contribution is 0.312. The molecule has 0 aliphatic carbocycles. The quantitative estimate of drug-likeness (QED) is 0.910. The van der Waals surface area contributed by atoms with E-state index in [1.807, 2.05) is 25.1 Å². The van der Waals surface area contributed by atoms with E-state index in [1.54, 1.807) is 0 Å². The Labute approximate surface area is 142 Å². The van der Waals surface area contributed by atoms with Gasteiger partial charge in [0, 0.05) is 61.6 Å². The van der Waals surface area contributed by atoms with Crippen LogP contribution in [0.15, 0.2) is 28.8 Å². The number of anilines is 1. The normalized spacial score (nSPS) is 16.0. The zero-order chi connectivity index (χ0) is 16.2. The van der Waals surface area contributed by atoms with Crippen molar-refractivity contribution in [1.29, 1.82) is 0 Å². The minimum atomic E-state index is 0.671. The second kappa shape index (κ2) is 7.34. The summed E-state index contributed by atoms with van der Waals surface area (Å²) >= 11 is 6.45. The van der Waals surface area contributed by atoms with Gasteiger partial charge in [0.25, 0.3) is 0 Å². The Morgan fingerprint density at radius 1 is 1.22 bits per heavy atom. The second-order valence-corrected chi connectivity index (χ2v) is 6.47. The van der Waals surface area contributed by atoms with Crippen LogP contribution in [0.5, 0.6) is 0 Å². The van der Waals surface area contributed by atoms with E-state index in [0.29, 0.717) is 13.1 Å². The zero-order valence-electron chi connectivity index (χ0n) is 13.7. The molecule has 0 radical (unpaired) electrons. The highest BCUT2D eigenvalue weighted by Gasteiger charge is 2.18. The molecule has 6 heteroatoms. The molecular formula is C17H23ClN4O. The molecule has 1 aliphatic rings. The minimum Gasteiger partial charge on any atom is -0.369 e. The number of piperazine rings is 1. The largest absolute Gasteiger partial charge is 0.369 e. The van der Waals surface area contributed by atoms with Crippen LogP contribution in [0.3, 0.4) is 0 Å². The molecule has 1 N–H and O–H groups in total. The van der Waals surface area contributed by atoms with Gasteiger partial charge < -0.3 is 19.6 Å². The molecule has 0 atom stereocenters. The molecular weight excluding hydrogens is 312 g/mol. The molecule has 0 amide bonds. The van der Waals surface area contributed by atoms with Crippen LogP contribution in [0, 0.1) is 6.92 Å². The van der Waals surface area contributed by atoms with Gasteiger partial charge in [0.1, 0.15) is 5.76 Å². The molecule has 23 heavy (non-hydrogen) atoms. The summed E-state index contributed by atoms with van der Waals surface area (Å²) in [5.41, 5.74) is 3.30. The first-order valence-corrected chi connectivity index (χ1v) is 8.35. The number of nitrogens with zero attached hydrogens (tertiary/aromatic N) is 3. The van der Waals surface area contributed by atoms with Crippen molar-refractivity contribution in [2.45, 2.75) is 20.0 Å². The van der Waals surface area contributed by atoms with Crippen molar-refractivity contribution in [3.8, 4) is 0 Å². The van der Waals surface area contributed by atoms with Crippen LogP contribution in [0.4, 0.5) is 5.69 Å². The van der Waals surface area contributed by atoms with E-state index in [-0.39, 0.29) is 0 Å². The van der Waals surface area contributed by atoms with Crippen molar-refractivity contribution in [1.82, 2.24) is 15.4 Å². The van der Waals surface area contributed by atoms with Gasteiger partial charge in [-0.25, -0.2) is 0 Å². The predicted octanol–water partition coefficient (Wildman–Crippen LogP) is 2.68. The molecule has 2 heterocycles. The summed E-state index contributed by atoms with van der Waals surface area (Å²) in [4.78, 5) is 4.77. The summed E-state index contributed by atoms with van der Waals surface area (Å²) in [7, 11) is 2.16. The molecule has 1 aromatic carbocycles. The lowest BCUT2D eigenvalue weighted by Gasteiger charge is -2.35. The van der Waals surface area contributed by atoms with Gasteiger partial charge in [-0.1, -0.05) is 22.8 Å². The highest BCUT2D eigenvalue weighted by Crippen LogP contribution is 2.28. The molecule has 2 aromatic rings. The van der Waals surface area contributed by atoms with Gasteiger partial charge in [0.15, 0.2) is 0 Å². The first-order chi connectivity index (χ1) is 11.1. The van der Waals surface area contributed by atoms with Crippen LogP contribution in [-0.2, 0) is 13.1 Å². The molecule has 124 valence electrons. The highest BCUT2D eigenvalue weighted by atomic mass is 35.5. The smallest absolute Gasteiger partial charge is 0.133 e. The lowest BCUT2D eigenvalue weighted by Crippen LogP contribution is -2.45. The summed E-state index contributed by atoms with van der Waals surface area (Å²) in [6, 6.07) is 8.09. The van der Waals surface area contributed by atoms with Gasteiger partial charge in [-0.3, -0.25) is 0 Å². The molecule has 3 rings (SSSR count). The molecule has 0 spiro atoms. The standard InChI is InChI=1S/C17H23ClN4O/c1-13-10-14(20-23-13)11-19-12-15-16(18)4-3-5-17(15)22-8-6-21(2)7-9-22/h3-5,10,19H,6-9,11-12H2,1-2H3. The number of hydrogen-bond donors (Lipinski definition) is 1. The molecule has 0 saturated carbocycles. The zero-order valence-corrected chi connectivity index (χ0v) is 14.4. The van der Waals surface area contributed by atoms with Crippen LogP contribution in [0.25, 0.3) is 0 Å². The third-order valence-corrected chi connectivity index (χ3v) is 4.58.